The van der Waals surface area contributed by atoms with Crippen molar-refractivity contribution in [2.45, 2.75) is 6.04 Å². The molecule has 0 spiro atoms. The molecule has 1 fully saturated rings. The second-order valence-corrected chi connectivity index (χ2v) is 6.38. The average Bonchev–Trinajstić information content (AvgIpc) is 2.60. The maximum absolute atomic E-state index is 9.34. The molecule has 0 amide bonds. The van der Waals surface area contributed by atoms with E-state index in [-0.39, 0.29) is 6.61 Å². The van der Waals surface area contributed by atoms with Gasteiger partial charge in [0.2, 0.25) is 0 Å². The first-order valence-corrected chi connectivity index (χ1v) is 8.51. The molecular formula is C19H27N3O. The lowest BCUT2D eigenvalue weighted by Gasteiger charge is -2.35. The number of hydrogen-bond donors (Lipinski definition) is 2. The third-order valence-electron chi connectivity index (χ3n) is 4.78. The molecule has 1 unspecified atom stereocenters. The number of rotatable bonds is 6. The number of benzene rings is 2. The van der Waals surface area contributed by atoms with E-state index < -0.39 is 0 Å². The van der Waals surface area contributed by atoms with E-state index in [9.17, 15) is 5.11 Å². The summed E-state index contributed by atoms with van der Waals surface area (Å²) in [6, 6.07) is 15.6. The van der Waals surface area contributed by atoms with E-state index in [0.29, 0.717) is 12.6 Å². The Morgan fingerprint density at radius 1 is 1.13 bits per heavy atom. The Bertz CT molecular complexity index is 625. The topological polar surface area (TPSA) is 38.7 Å². The van der Waals surface area contributed by atoms with E-state index in [0.717, 1.165) is 32.7 Å². The Kier molecular flexibility index (Phi) is 5.62. The first-order valence-electron chi connectivity index (χ1n) is 8.51. The van der Waals surface area contributed by atoms with E-state index in [1.54, 1.807) is 0 Å². The van der Waals surface area contributed by atoms with Crippen LogP contribution in [0.5, 0.6) is 0 Å². The fraction of sp³-hybridized carbons (Fsp3) is 0.474. The van der Waals surface area contributed by atoms with Gasteiger partial charge in [-0.05, 0) is 29.4 Å². The van der Waals surface area contributed by atoms with Crippen LogP contribution in [0.1, 0.15) is 11.6 Å². The highest BCUT2D eigenvalue weighted by molar-refractivity contribution is 5.83. The van der Waals surface area contributed by atoms with Gasteiger partial charge in [-0.2, -0.15) is 0 Å². The fourth-order valence-corrected chi connectivity index (χ4v) is 3.37. The van der Waals surface area contributed by atoms with E-state index in [1.807, 2.05) is 0 Å². The van der Waals surface area contributed by atoms with Crippen molar-refractivity contribution in [3.63, 3.8) is 0 Å². The van der Waals surface area contributed by atoms with E-state index >= 15 is 0 Å². The van der Waals surface area contributed by atoms with Crippen LogP contribution in [0, 0.1) is 0 Å². The molecule has 0 radical (unpaired) electrons. The molecule has 1 heterocycles. The van der Waals surface area contributed by atoms with E-state index in [1.165, 1.54) is 16.3 Å². The Balaban J connectivity index is 1.85. The van der Waals surface area contributed by atoms with Crippen LogP contribution in [0.15, 0.2) is 42.5 Å². The SMILES string of the molecule is CN(CCO)C(CN1CCNCC1)c1ccc2ccccc2c1. The second-order valence-electron chi connectivity index (χ2n) is 6.38. The average molecular weight is 313 g/mol. The molecule has 1 atom stereocenters. The van der Waals surface area contributed by atoms with E-state index in [4.69, 9.17) is 0 Å². The minimum absolute atomic E-state index is 0.197. The van der Waals surface area contributed by atoms with Crippen molar-refractivity contribution < 1.29 is 5.11 Å². The third-order valence-corrected chi connectivity index (χ3v) is 4.78. The normalized spacial score (nSPS) is 17.7. The largest absolute Gasteiger partial charge is 0.395 e. The van der Waals surface area contributed by atoms with Crippen LogP contribution in [0.25, 0.3) is 10.8 Å². The number of hydrogen-bond acceptors (Lipinski definition) is 4. The van der Waals surface area contributed by atoms with Gasteiger partial charge in [-0.3, -0.25) is 9.80 Å². The summed E-state index contributed by atoms with van der Waals surface area (Å²) in [6.07, 6.45) is 0. The first kappa shape index (κ1) is 16.4. The molecule has 1 saturated heterocycles. The van der Waals surface area contributed by atoms with Crippen LogP contribution >= 0.6 is 0 Å². The van der Waals surface area contributed by atoms with Gasteiger partial charge >= 0.3 is 0 Å². The predicted octanol–water partition coefficient (Wildman–Crippen LogP) is 1.71. The van der Waals surface area contributed by atoms with Gasteiger partial charge in [-0.1, -0.05) is 36.4 Å². The minimum Gasteiger partial charge on any atom is -0.395 e. The summed E-state index contributed by atoms with van der Waals surface area (Å²) >= 11 is 0. The van der Waals surface area contributed by atoms with Crippen molar-refractivity contribution in [2.24, 2.45) is 0 Å². The van der Waals surface area contributed by atoms with Crippen LogP contribution in [0.3, 0.4) is 0 Å². The summed E-state index contributed by atoms with van der Waals surface area (Å²) in [5.41, 5.74) is 1.33. The molecule has 1 aliphatic heterocycles. The lowest BCUT2D eigenvalue weighted by atomic mass is 10.00. The summed E-state index contributed by atoms with van der Waals surface area (Å²) in [7, 11) is 2.11. The standard InChI is InChI=1S/C19H27N3O/c1-21(12-13-23)19(15-22-10-8-20-9-11-22)18-7-6-16-4-2-3-5-17(16)14-18/h2-7,14,19-20,23H,8-13,15H2,1H3. The van der Waals surface area contributed by atoms with Crippen LogP contribution in [-0.2, 0) is 0 Å². The molecule has 4 heteroatoms. The summed E-state index contributed by atoms with van der Waals surface area (Å²) < 4.78 is 0. The van der Waals surface area contributed by atoms with Crippen LogP contribution in [0.4, 0.5) is 0 Å². The number of likely N-dealkylation sites (N-methyl/N-ethyl adjacent to an activating group) is 1. The summed E-state index contributed by atoms with van der Waals surface area (Å²) in [6.45, 7) is 6.22. The number of fused-ring (bicyclic) bond motifs is 1. The maximum Gasteiger partial charge on any atom is 0.0558 e. The number of nitrogens with zero attached hydrogens (tertiary/aromatic N) is 2. The summed E-state index contributed by atoms with van der Waals surface area (Å²) in [5, 5.41) is 15.3. The van der Waals surface area contributed by atoms with Crippen LogP contribution in [-0.4, -0.2) is 67.8 Å². The van der Waals surface area contributed by atoms with Gasteiger partial charge in [-0.25, -0.2) is 0 Å². The van der Waals surface area contributed by atoms with Gasteiger partial charge in [0, 0.05) is 45.3 Å². The van der Waals surface area contributed by atoms with Gasteiger partial charge < -0.3 is 10.4 Å². The lowest BCUT2D eigenvalue weighted by Crippen LogP contribution is -2.47. The highest BCUT2D eigenvalue weighted by Gasteiger charge is 2.21. The highest BCUT2D eigenvalue weighted by Crippen LogP contribution is 2.25. The fourth-order valence-electron chi connectivity index (χ4n) is 3.37. The number of nitrogens with one attached hydrogen (secondary N) is 1. The molecule has 1 aliphatic rings. The Hall–Kier alpha value is -1.46. The van der Waals surface area contributed by atoms with Crippen molar-refractivity contribution in [1.82, 2.24) is 15.1 Å². The zero-order valence-corrected chi connectivity index (χ0v) is 13.9. The summed E-state index contributed by atoms with van der Waals surface area (Å²) in [5.74, 6) is 0. The molecule has 0 saturated carbocycles. The minimum atomic E-state index is 0.197. The molecule has 0 bridgehead atoms. The maximum atomic E-state index is 9.34. The predicted molar refractivity (Wildman–Crippen MR) is 95.7 cm³/mol. The zero-order valence-electron chi connectivity index (χ0n) is 13.9. The van der Waals surface area contributed by atoms with Crippen molar-refractivity contribution in [3.05, 3.63) is 48.0 Å². The Morgan fingerprint density at radius 2 is 1.87 bits per heavy atom. The monoisotopic (exact) mass is 313 g/mol. The number of aliphatic hydroxyl groups excluding tert-OH is 1. The van der Waals surface area contributed by atoms with Gasteiger partial charge in [0.15, 0.2) is 0 Å². The van der Waals surface area contributed by atoms with Crippen molar-refractivity contribution >= 4 is 10.8 Å². The van der Waals surface area contributed by atoms with Gasteiger partial charge in [0.1, 0.15) is 0 Å². The van der Waals surface area contributed by atoms with Gasteiger partial charge in [-0.15, -0.1) is 0 Å². The molecule has 23 heavy (non-hydrogen) atoms. The molecular weight excluding hydrogens is 286 g/mol. The molecule has 124 valence electrons. The molecule has 3 rings (SSSR count). The molecule has 0 aliphatic carbocycles. The summed E-state index contributed by atoms with van der Waals surface area (Å²) in [4.78, 5) is 4.79. The number of aliphatic hydroxyl groups is 1. The Labute approximate surface area is 138 Å². The smallest absolute Gasteiger partial charge is 0.0558 e. The molecule has 2 N–H and O–H groups in total. The third kappa shape index (κ3) is 4.09. The molecule has 0 aromatic heterocycles. The second kappa shape index (κ2) is 7.88. The quantitative estimate of drug-likeness (QED) is 0.852. The van der Waals surface area contributed by atoms with Crippen molar-refractivity contribution in [2.75, 3.05) is 52.9 Å². The van der Waals surface area contributed by atoms with Gasteiger partial charge in [0.05, 0.1) is 6.61 Å². The van der Waals surface area contributed by atoms with Crippen LogP contribution < -0.4 is 5.32 Å². The molecule has 2 aromatic rings. The molecule has 2 aromatic carbocycles. The molecule has 4 nitrogen and oxygen atoms in total. The zero-order chi connectivity index (χ0) is 16.1. The van der Waals surface area contributed by atoms with E-state index in [2.05, 4.69) is 64.6 Å². The number of piperazine rings is 1. The van der Waals surface area contributed by atoms with Crippen LogP contribution in [0.2, 0.25) is 0 Å². The van der Waals surface area contributed by atoms with Crippen molar-refractivity contribution in [1.29, 1.82) is 0 Å². The van der Waals surface area contributed by atoms with Gasteiger partial charge in [0.25, 0.3) is 0 Å². The van der Waals surface area contributed by atoms with Crippen molar-refractivity contribution in [3.8, 4) is 0 Å². The Morgan fingerprint density at radius 3 is 2.61 bits per heavy atom. The lowest BCUT2D eigenvalue weighted by molar-refractivity contribution is 0.130. The highest BCUT2D eigenvalue weighted by atomic mass is 16.3. The first-order chi connectivity index (χ1) is 11.3.